The number of hydrogen-bond donors (Lipinski definition) is 3. The number of aromatic carboxylic acids is 1. The van der Waals surface area contributed by atoms with Gasteiger partial charge in [0, 0.05) is 18.2 Å². The summed E-state index contributed by atoms with van der Waals surface area (Å²) in [5, 5.41) is 22.1. The van der Waals surface area contributed by atoms with Crippen LogP contribution in [0.3, 0.4) is 0 Å². The third-order valence-electron chi connectivity index (χ3n) is 3.71. The molecule has 0 amide bonds. The van der Waals surface area contributed by atoms with Gasteiger partial charge >= 0.3 is 5.97 Å². The summed E-state index contributed by atoms with van der Waals surface area (Å²) in [6.07, 6.45) is 2.55. The van der Waals surface area contributed by atoms with E-state index >= 15 is 0 Å². The molecule has 2 unspecified atom stereocenters. The van der Waals surface area contributed by atoms with Crippen LogP contribution in [-0.2, 0) is 0 Å². The summed E-state index contributed by atoms with van der Waals surface area (Å²) in [6.45, 7) is 4.18. The molecule has 0 aliphatic heterocycles. The van der Waals surface area contributed by atoms with E-state index < -0.39 is 5.97 Å². The minimum Gasteiger partial charge on any atom is -0.478 e. The second-order valence-electron chi connectivity index (χ2n) is 5.25. The Balaban J connectivity index is 2.17. The third-order valence-corrected chi connectivity index (χ3v) is 3.71. The number of nitrogens with one attached hydrogen (secondary N) is 1. The first-order chi connectivity index (χ1) is 8.99. The highest BCUT2D eigenvalue weighted by molar-refractivity contribution is 5.94. The normalized spacial score (nSPS) is 22.5. The molecule has 0 aromatic carbocycles. The molecular formula is C14H20N2O3. The van der Waals surface area contributed by atoms with Crippen LogP contribution >= 0.6 is 0 Å². The highest BCUT2D eigenvalue weighted by Gasteiger charge is 2.25. The first-order valence-electron chi connectivity index (χ1n) is 6.62. The Morgan fingerprint density at radius 1 is 1.47 bits per heavy atom. The van der Waals surface area contributed by atoms with E-state index in [1.807, 2.05) is 6.92 Å². The molecule has 1 aromatic heterocycles. The molecule has 0 spiro atoms. The van der Waals surface area contributed by atoms with Gasteiger partial charge in [-0.2, -0.15) is 0 Å². The number of rotatable bonds is 4. The molecule has 1 aliphatic rings. The van der Waals surface area contributed by atoms with Gasteiger partial charge in [0.25, 0.3) is 0 Å². The minimum absolute atomic E-state index is 0.185. The van der Waals surface area contributed by atoms with Crippen LogP contribution in [0.25, 0.3) is 0 Å². The van der Waals surface area contributed by atoms with Crippen molar-refractivity contribution >= 4 is 11.8 Å². The van der Waals surface area contributed by atoms with Gasteiger partial charge in [0.05, 0.1) is 6.10 Å². The zero-order valence-corrected chi connectivity index (χ0v) is 11.3. The summed E-state index contributed by atoms with van der Waals surface area (Å²) < 4.78 is 0. The van der Waals surface area contributed by atoms with E-state index in [4.69, 9.17) is 0 Å². The van der Waals surface area contributed by atoms with Gasteiger partial charge in [-0.05, 0) is 38.3 Å². The van der Waals surface area contributed by atoms with Crippen LogP contribution < -0.4 is 5.32 Å². The number of nitrogens with zero attached hydrogens (tertiary/aromatic N) is 1. The van der Waals surface area contributed by atoms with E-state index in [1.54, 1.807) is 13.0 Å². The largest absolute Gasteiger partial charge is 0.478 e. The monoisotopic (exact) mass is 264 g/mol. The first-order valence-corrected chi connectivity index (χ1v) is 6.62. The zero-order chi connectivity index (χ0) is 14.0. The van der Waals surface area contributed by atoms with Crippen LogP contribution in [-0.4, -0.2) is 33.8 Å². The van der Waals surface area contributed by atoms with Crippen molar-refractivity contribution in [3.8, 4) is 0 Å². The fourth-order valence-corrected chi connectivity index (χ4v) is 2.72. The molecule has 1 fully saturated rings. The highest BCUT2D eigenvalue weighted by Crippen LogP contribution is 2.26. The molecule has 5 heteroatoms. The Hall–Kier alpha value is -1.62. The van der Waals surface area contributed by atoms with Crippen LogP contribution in [0, 0.1) is 19.8 Å². The molecule has 5 nitrogen and oxygen atoms in total. The van der Waals surface area contributed by atoms with Gasteiger partial charge in [0.2, 0.25) is 0 Å². The van der Waals surface area contributed by atoms with Crippen molar-refractivity contribution in [2.24, 2.45) is 5.92 Å². The van der Waals surface area contributed by atoms with Gasteiger partial charge in [0.15, 0.2) is 0 Å². The number of hydrogen-bond acceptors (Lipinski definition) is 4. The molecule has 1 aliphatic carbocycles. The van der Waals surface area contributed by atoms with E-state index in [1.165, 1.54) is 0 Å². The number of aromatic nitrogens is 1. The quantitative estimate of drug-likeness (QED) is 0.774. The van der Waals surface area contributed by atoms with E-state index in [-0.39, 0.29) is 17.6 Å². The lowest BCUT2D eigenvalue weighted by Crippen LogP contribution is -2.23. The average Bonchev–Trinajstić information content (AvgIpc) is 2.70. The Morgan fingerprint density at radius 2 is 2.21 bits per heavy atom. The highest BCUT2D eigenvalue weighted by atomic mass is 16.4. The molecule has 0 radical (unpaired) electrons. The van der Waals surface area contributed by atoms with Gasteiger partial charge in [-0.15, -0.1) is 0 Å². The van der Waals surface area contributed by atoms with Crippen molar-refractivity contribution in [1.82, 2.24) is 4.98 Å². The molecule has 3 N–H and O–H groups in total. The maximum absolute atomic E-state index is 11.3. The summed E-state index contributed by atoms with van der Waals surface area (Å²) >= 11 is 0. The van der Waals surface area contributed by atoms with Gasteiger partial charge in [-0.1, -0.05) is 6.42 Å². The van der Waals surface area contributed by atoms with Crippen molar-refractivity contribution in [1.29, 1.82) is 0 Å². The Kier molecular flexibility index (Phi) is 4.04. The Labute approximate surface area is 112 Å². The van der Waals surface area contributed by atoms with Crippen LogP contribution in [0.2, 0.25) is 0 Å². The van der Waals surface area contributed by atoms with Gasteiger partial charge in [0.1, 0.15) is 11.4 Å². The van der Waals surface area contributed by atoms with Gasteiger partial charge in [-0.25, -0.2) is 9.78 Å². The van der Waals surface area contributed by atoms with Crippen molar-refractivity contribution in [2.75, 3.05) is 11.9 Å². The van der Waals surface area contributed by atoms with E-state index in [0.29, 0.717) is 17.9 Å². The predicted octanol–water partition coefficient (Wildman–Crippen LogP) is 1.97. The number of pyridine rings is 1. The number of carboxylic acids is 1. The molecule has 1 heterocycles. The number of aryl methyl sites for hydroxylation is 2. The standard InChI is InChI=1S/C14H20N2O3/c1-8-6-9(2)16-13(12(8)14(18)19)15-7-10-4-3-5-11(10)17/h6,10-11,17H,3-5,7H2,1-2H3,(H,15,16)(H,18,19). The smallest absolute Gasteiger partial charge is 0.339 e. The summed E-state index contributed by atoms with van der Waals surface area (Å²) in [5.41, 5.74) is 1.71. The number of aliphatic hydroxyl groups is 1. The van der Waals surface area contributed by atoms with Gasteiger partial charge < -0.3 is 15.5 Å². The second-order valence-corrected chi connectivity index (χ2v) is 5.25. The molecule has 0 saturated heterocycles. The topological polar surface area (TPSA) is 82.5 Å². The molecule has 2 atom stereocenters. The lowest BCUT2D eigenvalue weighted by Gasteiger charge is -2.17. The second kappa shape index (κ2) is 5.57. The summed E-state index contributed by atoms with van der Waals surface area (Å²) in [6, 6.07) is 1.76. The van der Waals surface area contributed by atoms with E-state index in [9.17, 15) is 15.0 Å². The first kappa shape index (κ1) is 13.8. The van der Waals surface area contributed by atoms with Crippen LogP contribution in [0.1, 0.15) is 40.9 Å². The lowest BCUT2D eigenvalue weighted by molar-refractivity contribution is 0.0697. The number of carbonyl (C=O) groups is 1. The molecule has 1 aromatic rings. The van der Waals surface area contributed by atoms with Crippen LogP contribution in [0.15, 0.2) is 6.07 Å². The number of anilines is 1. The lowest BCUT2D eigenvalue weighted by atomic mass is 10.1. The zero-order valence-electron chi connectivity index (χ0n) is 11.3. The summed E-state index contributed by atoms with van der Waals surface area (Å²) in [7, 11) is 0. The van der Waals surface area contributed by atoms with Crippen molar-refractivity contribution in [3.05, 3.63) is 22.9 Å². The molecular weight excluding hydrogens is 244 g/mol. The van der Waals surface area contributed by atoms with Crippen molar-refractivity contribution in [3.63, 3.8) is 0 Å². The molecule has 19 heavy (non-hydrogen) atoms. The van der Waals surface area contributed by atoms with E-state index in [0.717, 1.165) is 25.0 Å². The van der Waals surface area contributed by atoms with Crippen molar-refractivity contribution < 1.29 is 15.0 Å². The molecule has 104 valence electrons. The Bertz CT molecular complexity index is 488. The third kappa shape index (κ3) is 3.04. The average molecular weight is 264 g/mol. The summed E-state index contributed by atoms with van der Waals surface area (Å²) in [5.74, 6) is -0.382. The minimum atomic E-state index is -0.973. The van der Waals surface area contributed by atoms with Crippen LogP contribution in [0.4, 0.5) is 5.82 Å². The maximum atomic E-state index is 11.3. The number of aliphatic hydroxyl groups excluding tert-OH is 1. The Morgan fingerprint density at radius 3 is 2.79 bits per heavy atom. The fraction of sp³-hybridized carbons (Fsp3) is 0.571. The summed E-state index contributed by atoms with van der Waals surface area (Å²) in [4.78, 5) is 15.6. The number of carboxylic acid groups (broad SMARTS) is 1. The SMILES string of the molecule is Cc1cc(C)c(C(=O)O)c(NCC2CCCC2O)n1. The van der Waals surface area contributed by atoms with Gasteiger partial charge in [-0.3, -0.25) is 0 Å². The van der Waals surface area contributed by atoms with E-state index in [2.05, 4.69) is 10.3 Å². The maximum Gasteiger partial charge on any atom is 0.339 e. The fourth-order valence-electron chi connectivity index (χ4n) is 2.72. The molecule has 1 saturated carbocycles. The predicted molar refractivity (Wildman–Crippen MR) is 72.5 cm³/mol. The van der Waals surface area contributed by atoms with Crippen molar-refractivity contribution in [2.45, 2.75) is 39.2 Å². The molecule has 0 bridgehead atoms. The molecule has 2 rings (SSSR count). The van der Waals surface area contributed by atoms with Crippen LogP contribution in [0.5, 0.6) is 0 Å².